The molecule has 8 heteroatoms. The smallest absolute Gasteiger partial charge is 0.240 e. The van der Waals surface area contributed by atoms with Gasteiger partial charge in [-0.15, -0.1) is 12.4 Å². The maximum Gasteiger partial charge on any atom is 0.240 e. The van der Waals surface area contributed by atoms with Crippen molar-refractivity contribution in [3.05, 3.63) is 29.3 Å². The largest absolute Gasteiger partial charge is 0.335 e. The number of hydrogen-bond donors (Lipinski definition) is 2. The first kappa shape index (κ1) is 21.6. The second kappa shape index (κ2) is 8.30. The van der Waals surface area contributed by atoms with Crippen molar-refractivity contribution >= 4 is 28.3 Å². The van der Waals surface area contributed by atoms with Gasteiger partial charge in [0.2, 0.25) is 15.9 Å². The number of hydrogen-bond acceptors (Lipinski definition) is 4. The molecule has 6 nitrogen and oxygen atoms in total. The van der Waals surface area contributed by atoms with Gasteiger partial charge < -0.3 is 10.2 Å². The van der Waals surface area contributed by atoms with Gasteiger partial charge >= 0.3 is 0 Å². The summed E-state index contributed by atoms with van der Waals surface area (Å²) in [5.74, 6) is 1.00. The van der Waals surface area contributed by atoms with Gasteiger partial charge in [-0.25, -0.2) is 13.1 Å². The summed E-state index contributed by atoms with van der Waals surface area (Å²) in [5, 5.41) is 3.49. The van der Waals surface area contributed by atoms with E-state index >= 15 is 0 Å². The van der Waals surface area contributed by atoms with Crippen LogP contribution in [-0.4, -0.2) is 50.9 Å². The highest BCUT2D eigenvalue weighted by molar-refractivity contribution is 7.89. The number of nitrogens with one attached hydrogen (secondary N) is 2. The molecule has 0 aromatic heterocycles. The van der Waals surface area contributed by atoms with E-state index < -0.39 is 10.0 Å². The number of nitrogens with zero attached hydrogens (tertiary/aromatic N) is 1. The minimum Gasteiger partial charge on any atom is -0.335 e. The summed E-state index contributed by atoms with van der Waals surface area (Å²) in [6.45, 7) is 5.81. The van der Waals surface area contributed by atoms with Gasteiger partial charge in [0.25, 0.3) is 0 Å². The molecule has 4 rings (SSSR count). The first-order valence-electron chi connectivity index (χ1n) is 9.95. The fraction of sp³-hybridized carbons (Fsp3) is 0.650. The highest BCUT2D eigenvalue weighted by Crippen LogP contribution is 2.39. The number of carbonyl (C=O) groups excluding carboxylic acids is 1. The first-order chi connectivity index (χ1) is 12.9. The minimum absolute atomic E-state index is 0. The Bertz CT molecular complexity index is 845. The zero-order valence-corrected chi connectivity index (χ0v) is 18.1. The van der Waals surface area contributed by atoms with Crippen LogP contribution < -0.4 is 10.0 Å². The van der Waals surface area contributed by atoms with Crippen LogP contribution in [0.3, 0.4) is 0 Å². The lowest BCUT2D eigenvalue weighted by molar-refractivity contribution is -0.148. The van der Waals surface area contributed by atoms with E-state index in [4.69, 9.17) is 0 Å². The lowest BCUT2D eigenvalue weighted by Crippen LogP contribution is -2.66. The number of piperidine rings is 3. The Labute approximate surface area is 173 Å². The van der Waals surface area contributed by atoms with E-state index in [9.17, 15) is 13.2 Å². The van der Waals surface area contributed by atoms with Crippen LogP contribution in [0.25, 0.3) is 0 Å². The second-order valence-corrected chi connectivity index (χ2v) is 10.1. The third kappa shape index (κ3) is 3.95. The van der Waals surface area contributed by atoms with Gasteiger partial charge in [0.1, 0.15) is 0 Å². The summed E-state index contributed by atoms with van der Waals surface area (Å²) in [4.78, 5) is 15.1. The van der Waals surface area contributed by atoms with Crippen LogP contribution in [0, 0.1) is 25.7 Å². The Morgan fingerprint density at radius 1 is 1.21 bits per heavy atom. The number of sulfonamides is 1. The maximum atomic E-state index is 12.9. The van der Waals surface area contributed by atoms with E-state index in [-0.39, 0.29) is 36.9 Å². The van der Waals surface area contributed by atoms with E-state index in [1.165, 1.54) is 0 Å². The quantitative estimate of drug-likeness (QED) is 0.770. The van der Waals surface area contributed by atoms with Gasteiger partial charge in [0.05, 0.1) is 4.90 Å². The summed E-state index contributed by atoms with van der Waals surface area (Å²) in [5.41, 5.74) is 1.66. The highest BCUT2D eigenvalue weighted by atomic mass is 35.5. The van der Waals surface area contributed by atoms with Crippen molar-refractivity contribution in [2.24, 2.45) is 11.8 Å². The zero-order valence-electron chi connectivity index (χ0n) is 16.5. The fourth-order valence-electron chi connectivity index (χ4n) is 5.17. The number of halogens is 1. The average Bonchev–Trinajstić information content (AvgIpc) is 2.64. The molecule has 3 aliphatic heterocycles. The number of aryl methyl sites for hydroxylation is 2. The molecule has 2 N–H and O–H groups in total. The molecule has 3 fully saturated rings. The molecule has 4 atom stereocenters. The lowest BCUT2D eigenvalue weighted by atomic mass is 9.72. The van der Waals surface area contributed by atoms with E-state index in [0.29, 0.717) is 23.2 Å². The standard InChI is InChI=1S/C20H29N3O3S.ClH/c1-13-6-7-14(2)19(8-13)27(25,26)22-12-18-16-9-15(10-21-11-16)17-4-3-5-20(24)23(17)18;/h6-8,15-18,21-22H,3-5,9-12H2,1-2H3;1H/t15-,16+,17+,18+;/m1./s1. The van der Waals surface area contributed by atoms with Crippen molar-refractivity contribution in [3.63, 3.8) is 0 Å². The average molecular weight is 428 g/mol. The molecular formula is C20H30ClN3O3S. The first-order valence-corrected chi connectivity index (χ1v) is 11.4. The number of fused-ring (bicyclic) bond motifs is 4. The highest BCUT2D eigenvalue weighted by Gasteiger charge is 2.47. The van der Waals surface area contributed by atoms with Crippen molar-refractivity contribution in [2.75, 3.05) is 19.6 Å². The van der Waals surface area contributed by atoms with Crippen molar-refractivity contribution in [1.82, 2.24) is 14.9 Å². The van der Waals surface area contributed by atoms with Gasteiger partial charge in [0.15, 0.2) is 0 Å². The van der Waals surface area contributed by atoms with Crippen molar-refractivity contribution in [2.45, 2.75) is 56.5 Å². The molecule has 156 valence electrons. The molecule has 28 heavy (non-hydrogen) atoms. The van der Waals surface area contributed by atoms with Crippen molar-refractivity contribution < 1.29 is 13.2 Å². The van der Waals surface area contributed by atoms with Crippen LogP contribution in [0.1, 0.15) is 36.8 Å². The Hall–Kier alpha value is -1.15. The van der Waals surface area contributed by atoms with Crippen LogP contribution in [0.2, 0.25) is 0 Å². The van der Waals surface area contributed by atoms with E-state index in [0.717, 1.165) is 43.5 Å². The predicted octanol–water partition coefficient (Wildman–Crippen LogP) is 1.99. The van der Waals surface area contributed by atoms with E-state index in [1.807, 2.05) is 30.9 Å². The minimum atomic E-state index is -3.60. The molecular weight excluding hydrogens is 398 g/mol. The summed E-state index contributed by atoms with van der Waals surface area (Å²) in [7, 11) is -3.60. The maximum absolute atomic E-state index is 12.9. The monoisotopic (exact) mass is 427 g/mol. The van der Waals surface area contributed by atoms with Crippen LogP contribution in [-0.2, 0) is 14.8 Å². The van der Waals surface area contributed by atoms with Crippen LogP contribution in [0.5, 0.6) is 0 Å². The van der Waals surface area contributed by atoms with Crippen molar-refractivity contribution in [1.29, 1.82) is 0 Å². The van der Waals surface area contributed by atoms with Gasteiger partial charge in [-0.3, -0.25) is 4.79 Å². The normalized spacial score (nSPS) is 29.8. The number of amides is 1. The zero-order chi connectivity index (χ0) is 19.2. The summed E-state index contributed by atoms with van der Waals surface area (Å²) in [6, 6.07) is 5.66. The number of rotatable bonds is 4. The molecule has 2 bridgehead atoms. The van der Waals surface area contributed by atoms with Gasteiger partial charge in [-0.1, -0.05) is 12.1 Å². The SMILES string of the molecule is Cc1ccc(C)c(S(=O)(=O)NC[C@H]2[C@@H]3CNC[C@@H](C3)[C@@H]3CCCC(=O)N32)c1.Cl. The lowest BCUT2D eigenvalue weighted by Gasteiger charge is -2.54. The summed E-state index contributed by atoms with van der Waals surface area (Å²) in [6.07, 6.45) is 3.65. The van der Waals surface area contributed by atoms with E-state index in [2.05, 4.69) is 10.0 Å². The summed E-state index contributed by atoms with van der Waals surface area (Å²) < 4.78 is 28.7. The number of carbonyl (C=O) groups is 1. The predicted molar refractivity (Wildman–Crippen MR) is 111 cm³/mol. The Morgan fingerprint density at radius 2 is 1.96 bits per heavy atom. The van der Waals surface area contributed by atoms with Crippen molar-refractivity contribution in [3.8, 4) is 0 Å². The molecule has 1 amide bonds. The van der Waals surface area contributed by atoms with Crippen LogP contribution in [0.4, 0.5) is 0 Å². The Morgan fingerprint density at radius 3 is 2.75 bits per heavy atom. The molecule has 1 aromatic carbocycles. The van der Waals surface area contributed by atoms with Crippen LogP contribution >= 0.6 is 12.4 Å². The van der Waals surface area contributed by atoms with Crippen LogP contribution in [0.15, 0.2) is 23.1 Å². The third-order valence-corrected chi connectivity index (χ3v) is 8.08. The summed E-state index contributed by atoms with van der Waals surface area (Å²) >= 11 is 0. The topological polar surface area (TPSA) is 78.5 Å². The van der Waals surface area contributed by atoms with E-state index in [1.54, 1.807) is 6.07 Å². The molecule has 0 radical (unpaired) electrons. The Balaban J connectivity index is 0.00000225. The molecule has 3 heterocycles. The molecule has 1 aromatic rings. The second-order valence-electron chi connectivity index (χ2n) is 8.36. The molecule has 3 aliphatic rings. The fourth-order valence-corrected chi connectivity index (χ4v) is 6.55. The molecule has 0 unspecified atom stereocenters. The molecule has 3 saturated heterocycles. The van der Waals surface area contributed by atoms with Gasteiger partial charge in [0, 0.05) is 25.0 Å². The van der Waals surface area contributed by atoms with Gasteiger partial charge in [-0.2, -0.15) is 0 Å². The molecule has 0 saturated carbocycles. The number of benzene rings is 1. The molecule has 0 spiro atoms. The third-order valence-electron chi connectivity index (χ3n) is 6.52. The van der Waals surface area contributed by atoms with Gasteiger partial charge in [-0.05, 0) is 75.2 Å². The Kier molecular flexibility index (Phi) is 6.39. The molecule has 0 aliphatic carbocycles.